The Bertz CT molecular complexity index is 799. The van der Waals surface area contributed by atoms with E-state index >= 15 is 0 Å². The van der Waals surface area contributed by atoms with Gasteiger partial charge in [0, 0.05) is 18.2 Å². The molecule has 0 spiro atoms. The summed E-state index contributed by atoms with van der Waals surface area (Å²) in [6.45, 7) is 4.29. The lowest BCUT2D eigenvalue weighted by Crippen LogP contribution is -2.43. The lowest BCUT2D eigenvalue weighted by atomic mass is 10.0. The van der Waals surface area contributed by atoms with Gasteiger partial charge in [0.25, 0.3) is 0 Å². The number of rotatable bonds is 7. The highest BCUT2D eigenvalue weighted by Crippen LogP contribution is 2.21. The number of carbonyl (C=O) groups excluding carboxylic acids is 2. The number of thioether (sulfide) groups is 1. The summed E-state index contributed by atoms with van der Waals surface area (Å²) in [6, 6.07) is 7.87. The van der Waals surface area contributed by atoms with Crippen molar-refractivity contribution in [2.24, 2.45) is 0 Å². The van der Waals surface area contributed by atoms with Crippen molar-refractivity contribution in [2.45, 2.75) is 63.1 Å². The van der Waals surface area contributed by atoms with Crippen molar-refractivity contribution in [1.29, 1.82) is 0 Å². The van der Waals surface area contributed by atoms with Crippen LogP contribution in [-0.2, 0) is 4.79 Å². The maximum absolute atomic E-state index is 12.0. The molecule has 1 aromatic heterocycles. The number of tetrazole rings is 1. The number of amides is 3. The Balaban J connectivity index is 1.47. The molecule has 2 N–H and O–H groups in total. The Morgan fingerprint density at radius 2 is 1.93 bits per heavy atom. The molecule has 1 aliphatic rings. The van der Waals surface area contributed by atoms with Crippen LogP contribution in [0.2, 0.25) is 0 Å². The summed E-state index contributed by atoms with van der Waals surface area (Å²) in [5.74, 6) is 0.636. The van der Waals surface area contributed by atoms with Crippen LogP contribution in [0.15, 0.2) is 29.4 Å². The molecule has 3 amide bonds. The Labute approximate surface area is 168 Å². The summed E-state index contributed by atoms with van der Waals surface area (Å²) < 4.78 is 1.65. The molecule has 0 radical (unpaired) electrons. The Morgan fingerprint density at radius 3 is 2.61 bits per heavy atom. The largest absolute Gasteiger partial charge is 0.335 e. The van der Waals surface area contributed by atoms with Crippen LogP contribution in [0.5, 0.6) is 0 Å². The minimum atomic E-state index is -0.406. The van der Waals surface area contributed by atoms with Crippen LogP contribution >= 0.6 is 11.8 Å². The molecular weight excluding hydrogens is 376 g/mol. The average Bonchev–Trinajstić information content (AvgIpc) is 3.33. The first-order chi connectivity index (χ1) is 13.5. The Hall–Kier alpha value is -2.42. The summed E-state index contributed by atoms with van der Waals surface area (Å²) in [7, 11) is 0. The monoisotopic (exact) mass is 402 g/mol. The Kier molecular flexibility index (Phi) is 7.02. The lowest BCUT2D eigenvalue weighted by molar-refractivity contribution is -0.119. The summed E-state index contributed by atoms with van der Waals surface area (Å²) in [5, 5.41) is 17.6. The lowest BCUT2D eigenvalue weighted by Gasteiger charge is -2.12. The van der Waals surface area contributed by atoms with Crippen molar-refractivity contribution in [3.63, 3.8) is 0 Å². The van der Waals surface area contributed by atoms with Gasteiger partial charge in [0.05, 0.1) is 5.69 Å². The third-order valence-corrected chi connectivity index (χ3v) is 5.67. The number of benzene rings is 1. The number of urea groups is 1. The van der Waals surface area contributed by atoms with Crippen LogP contribution in [0.1, 0.15) is 57.4 Å². The predicted molar refractivity (Wildman–Crippen MR) is 108 cm³/mol. The topological polar surface area (TPSA) is 102 Å². The summed E-state index contributed by atoms with van der Waals surface area (Å²) >= 11 is 1.38. The number of hydrogen-bond acceptors (Lipinski definition) is 6. The van der Waals surface area contributed by atoms with E-state index in [-0.39, 0.29) is 18.4 Å². The molecule has 1 saturated carbocycles. The molecule has 1 fully saturated rings. The van der Waals surface area contributed by atoms with Crippen molar-refractivity contribution in [3.05, 3.63) is 29.8 Å². The number of hydrogen-bond donors (Lipinski definition) is 2. The van der Waals surface area contributed by atoms with E-state index in [0.717, 1.165) is 31.4 Å². The van der Waals surface area contributed by atoms with Crippen LogP contribution in [-0.4, -0.2) is 43.9 Å². The normalized spacial score (nSPS) is 14.4. The molecule has 9 heteroatoms. The number of carbonyl (C=O) groups is 2. The van der Waals surface area contributed by atoms with Gasteiger partial charge in [0.1, 0.15) is 0 Å². The fourth-order valence-electron chi connectivity index (χ4n) is 3.15. The second-order valence-electron chi connectivity index (χ2n) is 7.22. The maximum Gasteiger partial charge on any atom is 0.321 e. The van der Waals surface area contributed by atoms with E-state index < -0.39 is 6.03 Å². The first-order valence-electron chi connectivity index (χ1n) is 9.65. The smallest absolute Gasteiger partial charge is 0.321 e. The van der Waals surface area contributed by atoms with Crippen molar-refractivity contribution >= 4 is 23.7 Å². The van der Waals surface area contributed by atoms with Crippen molar-refractivity contribution in [3.8, 4) is 5.69 Å². The van der Waals surface area contributed by atoms with Gasteiger partial charge in [-0.15, -0.1) is 5.10 Å². The van der Waals surface area contributed by atoms with Crippen LogP contribution in [0.3, 0.4) is 0 Å². The van der Waals surface area contributed by atoms with Gasteiger partial charge in [-0.05, 0) is 46.9 Å². The minimum absolute atomic E-state index is 0.189. The van der Waals surface area contributed by atoms with Crippen LogP contribution in [0, 0.1) is 0 Å². The minimum Gasteiger partial charge on any atom is -0.335 e. The van der Waals surface area contributed by atoms with E-state index in [1.807, 2.05) is 12.1 Å². The molecule has 0 saturated heterocycles. The van der Waals surface area contributed by atoms with E-state index in [1.54, 1.807) is 4.68 Å². The van der Waals surface area contributed by atoms with E-state index in [1.165, 1.54) is 17.3 Å². The summed E-state index contributed by atoms with van der Waals surface area (Å²) in [5.41, 5.74) is 2.12. The van der Waals surface area contributed by atoms with Gasteiger partial charge in [0.2, 0.25) is 11.1 Å². The molecule has 28 heavy (non-hydrogen) atoms. The molecule has 0 aliphatic heterocycles. The molecule has 2 aromatic rings. The van der Waals surface area contributed by atoms with Crippen molar-refractivity contribution in [1.82, 2.24) is 30.8 Å². The zero-order chi connectivity index (χ0) is 19.9. The number of nitrogens with one attached hydrogen (secondary N) is 2. The van der Waals surface area contributed by atoms with E-state index in [4.69, 9.17) is 0 Å². The fourth-order valence-corrected chi connectivity index (χ4v) is 3.98. The molecule has 0 bridgehead atoms. The SMILES string of the molecule is CC(C)c1ccc(-n2nnnc2SCCC(=O)NC(=O)NC2CCCC2)cc1. The van der Waals surface area contributed by atoms with Gasteiger partial charge in [0.15, 0.2) is 0 Å². The number of aromatic nitrogens is 4. The summed E-state index contributed by atoms with van der Waals surface area (Å²) in [6.07, 6.45) is 4.44. The third kappa shape index (κ3) is 5.54. The van der Waals surface area contributed by atoms with Gasteiger partial charge in [-0.2, -0.15) is 4.68 Å². The standard InChI is InChI=1S/C19H26N6O2S/c1-13(2)14-7-9-16(10-8-14)25-19(22-23-24-25)28-12-11-17(26)21-18(27)20-15-5-3-4-6-15/h7-10,13,15H,3-6,11-12H2,1-2H3,(H2,20,21,26,27). The summed E-state index contributed by atoms with van der Waals surface area (Å²) in [4.78, 5) is 23.8. The second kappa shape index (κ2) is 9.68. The molecule has 0 atom stereocenters. The van der Waals surface area contributed by atoms with Gasteiger partial charge in [-0.3, -0.25) is 10.1 Å². The molecule has 150 valence electrons. The number of imide groups is 1. The molecule has 8 nitrogen and oxygen atoms in total. The van der Waals surface area contributed by atoms with Gasteiger partial charge < -0.3 is 5.32 Å². The van der Waals surface area contributed by atoms with Crippen LogP contribution in [0.4, 0.5) is 4.79 Å². The quantitative estimate of drug-likeness (QED) is 0.690. The van der Waals surface area contributed by atoms with Gasteiger partial charge >= 0.3 is 6.03 Å². The van der Waals surface area contributed by atoms with Crippen molar-refractivity contribution < 1.29 is 9.59 Å². The zero-order valence-corrected chi connectivity index (χ0v) is 17.0. The van der Waals surface area contributed by atoms with Gasteiger partial charge in [-0.25, -0.2) is 4.79 Å². The van der Waals surface area contributed by atoms with E-state index in [9.17, 15) is 9.59 Å². The van der Waals surface area contributed by atoms with E-state index in [2.05, 4.69) is 52.1 Å². The van der Waals surface area contributed by atoms with Crippen LogP contribution in [0.25, 0.3) is 5.69 Å². The average molecular weight is 403 g/mol. The predicted octanol–water partition coefficient (Wildman–Crippen LogP) is 3.04. The third-order valence-electron chi connectivity index (χ3n) is 4.75. The van der Waals surface area contributed by atoms with Gasteiger partial charge in [-0.1, -0.05) is 50.6 Å². The zero-order valence-electron chi connectivity index (χ0n) is 16.2. The highest BCUT2D eigenvalue weighted by molar-refractivity contribution is 7.99. The van der Waals surface area contributed by atoms with Crippen molar-refractivity contribution in [2.75, 3.05) is 5.75 Å². The molecule has 1 heterocycles. The second-order valence-corrected chi connectivity index (χ2v) is 8.28. The highest BCUT2D eigenvalue weighted by Gasteiger charge is 2.18. The van der Waals surface area contributed by atoms with E-state index in [0.29, 0.717) is 16.8 Å². The maximum atomic E-state index is 12.0. The molecule has 1 aromatic carbocycles. The highest BCUT2D eigenvalue weighted by atomic mass is 32.2. The van der Waals surface area contributed by atoms with Crippen LogP contribution < -0.4 is 10.6 Å². The molecule has 0 unspecified atom stereocenters. The first-order valence-corrected chi connectivity index (χ1v) is 10.6. The Morgan fingerprint density at radius 1 is 1.21 bits per heavy atom. The molecule has 1 aliphatic carbocycles. The number of nitrogens with zero attached hydrogens (tertiary/aromatic N) is 4. The molecule has 3 rings (SSSR count). The fraction of sp³-hybridized carbons (Fsp3) is 0.526. The molecular formula is C19H26N6O2S. The first kappa shape index (κ1) is 20.3.